The third-order valence-electron chi connectivity index (χ3n) is 1.23. The van der Waals surface area contributed by atoms with Crippen molar-refractivity contribution in [2.24, 2.45) is 0 Å². The zero-order chi connectivity index (χ0) is 8.10. The molecule has 2 nitrogen and oxygen atoms in total. The zero-order valence-electron chi connectivity index (χ0n) is 6.20. The SMILES string of the molecule is C[Se]NC(=O)c1ccccc1. The van der Waals surface area contributed by atoms with Gasteiger partial charge in [-0.1, -0.05) is 0 Å². The number of hydrogen-bond donors (Lipinski definition) is 1. The van der Waals surface area contributed by atoms with E-state index in [1.807, 2.05) is 24.0 Å². The van der Waals surface area contributed by atoms with Gasteiger partial charge in [0.1, 0.15) is 0 Å². The first kappa shape index (κ1) is 8.31. The summed E-state index contributed by atoms with van der Waals surface area (Å²) in [7, 11) is 0. The number of benzene rings is 1. The average molecular weight is 214 g/mol. The molecule has 0 atom stereocenters. The van der Waals surface area contributed by atoms with Gasteiger partial charge in [0, 0.05) is 0 Å². The van der Waals surface area contributed by atoms with Gasteiger partial charge in [0.05, 0.1) is 0 Å². The van der Waals surface area contributed by atoms with Crippen molar-refractivity contribution in [1.82, 2.24) is 4.33 Å². The molecular formula is C8H9NOSe. The van der Waals surface area contributed by atoms with Crippen molar-refractivity contribution >= 4 is 21.1 Å². The molecule has 1 aromatic rings. The predicted octanol–water partition coefficient (Wildman–Crippen LogP) is 1.08. The van der Waals surface area contributed by atoms with Crippen LogP contribution in [0.4, 0.5) is 0 Å². The Hall–Kier alpha value is -0.791. The van der Waals surface area contributed by atoms with Crippen molar-refractivity contribution in [3.05, 3.63) is 35.9 Å². The first-order chi connectivity index (χ1) is 5.34. The molecule has 0 radical (unpaired) electrons. The van der Waals surface area contributed by atoms with Crippen molar-refractivity contribution in [3.63, 3.8) is 0 Å². The summed E-state index contributed by atoms with van der Waals surface area (Å²) in [5.41, 5.74) is 0.733. The number of rotatable bonds is 2. The Kier molecular flexibility index (Phi) is 3.14. The van der Waals surface area contributed by atoms with E-state index < -0.39 is 0 Å². The van der Waals surface area contributed by atoms with Gasteiger partial charge in [-0.2, -0.15) is 0 Å². The van der Waals surface area contributed by atoms with E-state index in [4.69, 9.17) is 0 Å². The molecule has 0 heterocycles. The molecular weight excluding hydrogens is 205 g/mol. The number of nitrogens with one attached hydrogen (secondary N) is 1. The summed E-state index contributed by atoms with van der Waals surface area (Å²) in [6, 6.07) is 9.23. The summed E-state index contributed by atoms with van der Waals surface area (Å²) in [6.07, 6.45) is 0. The van der Waals surface area contributed by atoms with E-state index in [-0.39, 0.29) is 21.1 Å². The Labute approximate surface area is 72.4 Å². The molecule has 3 heteroatoms. The quantitative estimate of drug-likeness (QED) is 0.733. The molecule has 1 amide bonds. The van der Waals surface area contributed by atoms with Gasteiger partial charge in [0.15, 0.2) is 0 Å². The van der Waals surface area contributed by atoms with Gasteiger partial charge in [0.2, 0.25) is 0 Å². The van der Waals surface area contributed by atoms with Crippen molar-refractivity contribution in [2.45, 2.75) is 5.82 Å². The Morgan fingerprint density at radius 2 is 2.00 bits per heavy atom. The summed E-state index contributed by atoms with van der Waals surface area (Å²) in [5, 5.41) is 0. The van der Waals surface area contributed by atoms with Gasteiger partial charge in [-0.15, -0.1) is 0 Å². The van der Waals surface area contributed by atoms with Crippen LogP contribution in [-0.2, 0) is 0 Å². The molecule has 0 unspecified atom stereocenters. The molecule has 0 fully saturated rings. The second-order valence-corrected chi connectivity index (χ2v) is 3.29. The molecule has 0 aromatic heterocycles. The van der Waals surface area contributed by atoms with Gasteiger partial charge in [0.25, 0.3) is 0 Å². The fraction of sp³-hybridized carbons (Fsp3) is 0.125. The Morgan fingerprint density at radius 3 is 2.55 bits per heavy atom. The van der Waals surface area contributed by atoms with Gasteiger partial charge < -0.3 is 0 Å². The molecule has 0 spiro atoms. The van der Waals surface area contributed by atoms with E-state index in [0.717, 1.165) is 5.56 Å². The van der Waals surface area contributed by atoms with E-state index in [0.29, 0.717) is 0 Å². The molecule has 0 saturated heterocycles. The normalized spacial score (nSPS) is 9.18. The molecule has 1 aromatic carbocycles. The van der Waals surface area contributed by atoms with Crippen LogP contribution < -0.4 is 4.33 Å². The van der Waals surface area contributed by atoms with Crippen LogP contribution in [0.1, 0.15) is 10.4 Å². The van der Waals surface area contributed by atoms with Crippen LogP contribution in [0.5, 0.6) is 0 Å². The van der Waals surface area contributed by atoms with Gasteiger partial charge in [-0.25, -0.2) is 0 Å². The summed E-state index contributed by atoms with van der Waals surface area (Å²) >= 11 is 0.201. The van der Waals surface area contributed by atoms with Crippen LogP contribution in [0.2, 0.25) is 5.82 Å². The first-order valence-electron chi connectivity index (χ1n) is 3.23. The second kappa shape index (κ2) is 4.16. The monoisotopic (exact) mass is 215 g/mol. The van der Waals surface area contributed by atoms with E-state index in [2.05, 4.69) is 4.33 Å². The van der Waals surface area contributed by atoms with Gasteiger partial charge >= 0.3 is 71.9 Å². The van der Waals surface area contributed by atoms with Crippen molar-refractivity contribution in [2.75, 3.05) is 0 Å². The molecule has 1 N–H and O–H groups in total. The van der Waals surface area contributed by atoms with Gasteiger partial charge in [-0.05, 0) is 0 Å². The first-order valence-corrected chi connectivity index (χ1v) is 5.80. The summed E-state index contributed by atoms with van der Waals surface area (Å²) in [4.78, 5) is 11.1. The maximum atomic E-state index is 11.1. The number of hydrogen-bond acceptors (Lipinski definition) is 1. The van der Waals surface area contributed by atoms with Crippen LogP contribution >= 0.6 is 0 Å². The molecule has 0 saturated carbocycles. The van der Waals surface area contributed by atoms with E-state index in [1.165, 1.54) is 0 Å². The fourth-order valence-corrected chi connectivity index (χ4v) is 1.38. The Balaban J connectivity index is 2.69. The maximum absolute atomic E-state index is 11.1. The second-order valence-electron chi connectivity index (χ2n) is 2.00. The zero-order valence-corrected chi connectivity index (χ0v) is 7.92. The third-order valence-corrected chi connectivity index (χ3v) is 2.05. The van der Waals surface area contributed by atoms with Crippen LogP contribution in [0.25, 0.3) is 0 Å². The van der Waals surface area contributed by atoms with Crippen molar-refractivity contribution in [1.29, 1.82) is 0 Å². The van der Waals surface area contributed by atoms with E-state index in [9.17, 15) is 4.79 Å². The molecule has 1 rings (SSSR count). The van der Waals surface area contributed by atoms with Crippen molar-refractivity contribution < 1.29 is 4.79 Å². The van der Waals surface area contributed by atoms with Crippen LogP contribution in [0.15, 0.2) is 30.3 Å². The predicted molar refractivity (Wildman–Crippen MR) is 45.5 cm³/mol. The van der Waals surface area contributed by atoms with E-state index >= 15 is 0 Å². The third kappa shape index (κ3) is 2.37. The topological polar surface area (TPSA) is 29.1 Å². The molecule has 58 valence electrons. The Morgan fingerprint density at radius 1 is 1.36 bits per heavy atom. The average Bonchev–Trinajstić information content (AvgIpc) is 2.07. The van der Waals surface area contributed by atoms with Crippen LogP contribution in [0, 0.1) is 0 Å². The molecule has 0 aliphatic carbocycles. The molecule has 0 bridgehead atoms. The molecule has 11 heavy (non-hydrogen) atoms. The van der Waals surface area contributed by atoms with Crippen LogP contribution in [0.3, 0.4) is 0 Å². The number of carbonyl (C=O) groups is 1. The summed E-state index contributed by atoms with van der Waals surface area (Å²) < 4.78 is 2.79. The molecule has 0 aliphatic heterocycles. The molecule has 0 aliphatic rings. The van der Waals surface area contributed by atoms with E-state index in [1.54, 1.807) is 12.1 Å². The standard InChI is InChI=1S/C8H9NOSe/c1-11-9-8(10)7-5-3-2-4-6-7/h2-6H,1H3,(H,9,10). The van der Waals surface area contributed by atoms with Gasteiger partial charge in [-0.3, -0.25) is 0 Å². The number of amides is 1. The minimum absolute atomic E-state index is 0.0214. The fourth-order valence-electron chi connectivity index (χ4n) is 0.741. The van der Waals surface area contributed by atoms with Crippen LogP contribution in [-0.4, -0.2) is 21.1 Å². The van der Waals surface area contributed by atoms with Crippen molar-refractivity contribution in [3.8, 4) is 0 Å². The Bertz CT molecular complexity index is 235. The summed E-state index contributed by atoms with van der Waals surface area (Å²) in [6.45, 7) is 0. The summed E-state index contributed by atoms with van der Waals surface area (Å²) in [5.74, 6) is 1.99. The number of carbonyl (C=O) groups excluding carboxylic acids is 1. The minimum atomic E-state index is 0.0214.